The van der Waals surface area contributed by atoms with Crippen molar-refractivity contribution in [2.24, 2.45) is 5.92 Å². The number of hydrogen-bond donors (Lipinski definition) is 1. The third kappa shape index (κ3) is 2.39. The molecular formula is C15H27NO. The molecule has 3 unspecified atom stereocenters. The number of fused-ring (bicyclic) bond motifs is 1. The smallest absolute Gasteiger partial charge is 0.0729 e. The molecule has 3 fully saturated rings. The number of ether oxygens (including phenoxy) is 1. The van der Waals surface area contributed by atoms with Crippen LogP contribution in [0, 0.1) is 5.92 Å². The van der Waals surface area contributed by atoms with Crippen molar-refractivity contribution in [2.75, 3.05) is 6.61 Å². The Morgan fingerprint density at radius 2 is 2.00 bits per heavy atom. The van der Waals surface area contributed by atoms with Gasteiger partial charge in [0.2, 0.25) is 0 Å². The van der Waals surface area contributed by atoms with Crippen molar-refractivity contribution in [2.45, 2.75) is 82.4 Å². The minimum atomic E-state index is 0.356. The lowest BCUT2D eigenvalue weighted by atomic mass is 9.76. The highest BCUT2D eigenvalue weighted by atomic mass is 16.5. The van der Waals surface area contributed by atoms with Crippen LogP contribution in [0.25, 0.3) is 0 Å². The SMILES string of the molecule is CCC1CCC2OCC3(CCCCC3)NC2C1. The van der Waals surface area contributed by atoms with Crippen LogP contribution in [-0.2, 0) is 4.74 Å². The van der Waals surface area contributed by atoms with Gasteiger partial charge in [-0.25, -0.2) is 0 Å². The van der Waals surface area contributed by atoms with Gasteiger partial charge in [0.1, 0.15) is 0 Å². The van der Waals surface area contributed by atoms with Crippen LogP contribution < -0.4 is 5.32 Å². The standard InChI is InChI=1S/C15H27NO/c1-2-12-6-7-14-13(10-12)16-15(11-17-14)8-4-3-5-9-15/h12-14,16H,2-11H2,1H3. The molecule has 3 rings (SSSR count). The summed E-state index contributed by atoms with van der Waals surface area (Å²) in [7, 11) is 0. The summed E-state index contributed by atoms with van der Waals surface area (Å²) in [6.45, 7) is 3.32. The second-order valence-corrected chi connectivity index (χ2v) is 6.53. The van der Waals surface area contributed by atoms with Crippen molar-refractivity contribution in [3.8, 4) is 0 Å². The highest BCUT2D eigenvalue weighted by molar-refractivity contribution is 5.00. The molecule has 1 N–H and O–H groups in total. The molecule has 0 bridgehead atoms. The van der Waals surface area contributed by atoms with E-state index in [4.69, 9.17) is 4.74 Å². The lowest BCUT2D eigenvalue weighted by Crippen LogP contribution is -2.64. The first kappa shape index (κ1) is 12.0. The van der Waals surface area contributed by atoms with Gasteiger partial charge in [0.25, 0.3) is 0 Å². The quantitative estimate of drug-likeness (QED) is 0.756. The second-order valence-electron chi connectivity index (χ2n) is 6.53. The van der Waals surface area contributed by atoms with E-state index in [2.05, 4.69) is 12.2 Å². The van der Waals surface area contributed by atoms with Crippen LogP contribution in [0.5, 0.6) is 0 Å². The van der Waals surface area contributed by atoms with Crippen LogP contribution in [0.15, 0.2) is 0 Å². The van der Waals surface area contributed by atoms with Crippen molar-refractivity contribution < 1.29 is 4.74 Å². The Morgan fingerprint density at radius 3 is 2.76 bits per heavy atom. The maximum atomic E-state index is 6.21. The minimum Gasteiger partial charge on any atom is -0.375 e. The molecule has 1 spiro atoms. The van der Waals surface area contributed by atoms with E-state index in [0.29, 0.717) is 17.7 Å². The van der Waals surface area contributed by atoms with Gasteiger partial charge in [0.15, 0.2) is 0 Å². The average Bonchev–Trinajstić information content (AvgIpc) is 2.39. The fourth-order valence-corrected chi connectivity index (χ4v) is 4.17. The van der Waals surface area contributed by atoms with E-state index in [1.807, 2.05) is 0 Å². The van der Waals surface area contributed by atoms with Gasteiger partial charge in [-0.2, -0.15) is 0 Å². The molecule has 3 atom stereocenters. The molecule has 0 aromatic rings. The van der Waals surface area contributed by atoms with E-state index in [-0.39, 0.29) is 0 Å². The van der Waals surface area contributed by atoms with Crippen LogP contribution in [-0.4, -0.2) is 24.3 Å². The molecule has 1 aliphatic heterocycles. The van der Waals surface area contributed by atoms with Crippen LogP contribution in [0.3, 0.4) is 0 Å². The summed E-state index contributed by atoms with van der Waals surface area (Å²) in [5.41, 5.74) is 0.356. The van der Waals surface area contributed by atoms with E-state index in [0.717, 1.165) is 12.5 Å². The molecule has 2 saturated carbocycles. The first-order valence-electron chi connectivity index (χ1n) is 7.71. The van der Waals surface area contributed by atoms with Gasteiger partial charge >= 0.3 is 0 Å². The zero-order valence-electron chi connectivity index (χ0n) is 11.2. The number of hydrogen-bond acceptors (Lipinski definition) is 2. The Bertz CT molecular complexity index is 260. The summed E-state index contributed by atoms with van der Waals surface area (Å²) in [6.07, 6.45) is 12.8. The van der Waals surface area contributed by atoms with Crippen molar-refractivity contribution >= 4 is 0 Å². The van der Waals surface area contributed by atoms with E-state index >= 15 is 0 Å². The fraction of sp³-hybridized carbons (Fsp3) is 1.00. The Morgan fingerprint density at radius 1 is 1.18 bits per heavy atom. The molecule has 0 radical (unpaired) electrons. The molecule has 1 heterocycles. The van der Waals surface area contributed by atoms with Crippen LogP contribution in [0.4, 0.5) is 0 Å². The Kier molecular flexibility index (Phi) is 3.45. The molecular weight excluding hydrogens is 210 g/mol. The van der Waals surface area contributed by atoms with Crippen molar-refractivity contribution in [1.29, 1.82) is 0 Å². The van der Waals surface area contributed by atoms with Gasteiger partial charge in [0.05, 0.1) is 12.7 Å². The van der Waals surface area contributed by atoms with Gasteiger partial charge < -0.3 is 10.1 Å². The molecule has 3 aliphatic rings. The van der Waals surface area contributed by atoms with Crippen LogP contribution in [0.2, 0.25) is 0 Å². The number of morpholine rings is 1. The van der Waals surface area contributed by atoms with E-state index in [9.17, 15) is 0 Å². The highest BCUT2D eigenvalue weighted by Gasteiger charge is 2.43. The lowest BCUT2D eigenvalue weighted by Gasteiger charge is -2.50. The first-order valence-corrected chi connectivity index (χ1v) is 7.71. The van der Waals surface area contributed by atoms with Gasteiger partial charge in [-0.15, -0.1) is 0 Å². The molecule has 0 aromatic carbocycles. The second kappa shape index (κ2) is 4.89. The van der Waals surface area contributed by atoms with Crippen molar-refractivity contribution in [3.63, 3.8) is 0 Å². The summed E-state index contributed by atoms with van der Waals surface area (Å²) in [6, 6.07) is 0.653. The third-order valence-electron chi connectivity index (χ3n) is 5.35. The summed E-state index contributed by atoms with van der Waals surface area (Å²) in [5.74, 6) is 0.936. The molecule has 98 valence electrons. The summed E-state index contributed by atoms with van der Waals surface area (Å²) >= 11 is 0. The lowest BCUT2D eigenvalue weighted by molar-refractivity contribution is -0.0945. The topological polar surface area (TPSA) is 21.3 Å². The Balaban J connectivity index is 1.65. The van der Waals surface area contributed by atoms with E-state index < -0.39 is 0 Å². The van der Waals surface area contributed by atoms with Crippen LogP contribution in [0.1, 0.15) is 64.7 Å². The van der Waals surface area contributed by atoms with Gasteiger partial charge in [-0.1, -0.05) is 32.6 Å². The zero-order valence-corrected chi connectivity index (χ0v) is 11.2. The predicted octanol–water partition coefficient (Wildman–Crippen LogP) is 3.26. The van der Waals surface area contributed by atoms with Crippen molar-refractivity contribution in [3.05, 3.63) is 0 Å². The normalized spacial score (nSPS) is 41.1. The fourth-order valence-electron chi connectivity index (χ4n) is 4.17. The third-order valence-corrected chi connectivity index (χ3v) is 5.35. The molecule has 17 heavy (non-hydrogen) atoms. The van der Waals surface area contributed by atoms with Gasteiger partial charge in [-0.3, -0.25) is 0 Å². The van der Waals surface area contributed by atoms with E-state index in [1.54, 1.807) is 0 Å². The molecule has 1 saturated heterocycles. The largest absolute Gasteiger partial charge is 0.375 e. The molecule has 2 aliphatic carbocycles. The van der Waals surface area contributed by atoms with Crippen molar-refractivity contribution in [1.82, 2.24) is 5.32 Å². The van der Waals surface area contributed by atoms with E-state index in [1.165, 1.54) is 57.8 Å². The van der Waals surface area contributed by atoms with Gasteiger partial charge in [0, 0.05) is 11.6 Å². The average molecular weight is 237 g/mol. The minimum absolute atomic E-state index is 0.356. The maximum Gasteiger partial charge on any atom is 0.0729 e. The van der Waals surface area contributed by atoms with Crippen LogP contribution >= 0.6 is 0 Å². The Hall–Kier alpha value is -0.0800. The molecule has 2 heteroatoms. The highest BCUT2D eigenvalue weighted by Crippen LogP contribution is 2.37. The summed E-state index contributed by atoms with van der Waals surface area (Å²) in [4.78, 5) is 0. The maximum absolute atomic E-state index is 6.21. The predicted molar refractivity (Wildman–Crippen MR) is 70.1 cm³/mol. The summed E-state index contributed by atoms with van der Waals surface area (Å²) < 4.78 is 6.21. The Labute approximate surface area is 105 Å². The monoisotopic (exact) mass is 237 g/mol. The molecule has 0 amide bonds. The zero-order chi connectivity index (χ0) is 11.7. The number of nitrogens with one attached hydrogen (secondary N) is 1. The molecule has 0 aromatic heterocycles. The first-order chi connectivity index (χ1) is 8.31. The van der Waals surface area contributed by atoms with Gasteiger partial charge in [-0.05, 0) is 38.0 Å². The molecule has 2 nitrogen and oxygen atoms in total. The summed E-state index contributed by atoms with van der Waals surface area (Å²) in [5, 5.41) is 4.01. The number of rotatable bonds is 1.